The van der Waals surface area contributed by atoms with Crippen LogP contribution in [0.2, 0.25) is 0 Å². The van der Waals surface area contributed by atoms with Crippen LogP contribution in [0.4, 0.5) is 13.2 Å². The second kappa shape index (κ2) is 7.29. The maximum Gasteiger partial charge on any atom is 0.416 e. The molecule has 1 saturated carbocycles. The average molecular weight is 493 g/mol. The fourth-order valence-corrected chi connectivity index (χ4v) is 7.36. The summed E-state index contributed by atoms with van der Waals surface area (Å²) in [5.74, 6) is 0. The predicted molar refractivity (Wildman–Crippen MR) is 109 cm³/mol. The number of sulfone groups is 2. The molecule has 0 spiro atoms. The summed E-state index contributed by atoms with van der Waals surface area (Å²) in [6, 6.07) is 5.31. The topological polar surface area (TPSA) is 106 Å². The number of nitrogens with one attached hydrogen (secondary N) is 1. The van der Waals surface area contributed by atoms with Gasteiger partial charge in [0, 0.05) is 12.9 Å². The fraction of sp³-hybridized carbons (Fsp3) is 0.550. The van der Waals surface area contributed by atoms with Crippen LogP contribution in [0, 0.1) is 0 Å². The molecule has 176 valence electrons. The number of benzene rings is 1. The van der Waals surface area contributed by atoms with E-state index in [-0.39, 0.29) is 19.4 Å². The van der Waals surface area contributed by atoms with Crippen molar-refractivity contribution in [3.63, 3.8) is 0 Å². The third kappa shape index (κ3) is 3.75. The highest BCUT2D eigenvalue weighted by Gasteiger charge is 2.56. The van der Waals surface area contributed by atoms with Crippen molar-refractivity contribution in [3.8, 4) is 0 Å². The molecule has 0 amide bonds. The molecule has 2 unspecified atom stereocenters. The van der Waals surface area contributed by atoms with E-state index >= 15 is 0 Å². The molecule has 0 bridgehead atoms. The maximum atomic E-state index is 13.3. The minimum absolute atomic E-state index is 0.0148. The van der Waals surface area contributed by atoms with Gasteiger partial charge in [-0.05, 0) is 56.9 Å². The largest absolute Gasteiger partial charge is 0.416 e. The van der Waals surface area contributed by atoms with Crippen LogP contribution in [0.3, 0.4) is 0 Å². The van der Waals surface area contributed by atoms with E-state index in [9.17, 15) is 30.0 Å². The number of H-pyrrole nitrogens is 1. The highest BCUT2D eigenvalue weighted by atomic mass is 32.2. The molecule has 1 aromatic carbocycles. The van der Waals surface area contributed by atoms with E-state index in [1.165, 1.54) is 6.92 Å². The van der Waals surface area contributed by atoms with Crippen molar-refractivity contribution in [1.82, 2.24) is 10.2 Å². The van der Waals surface area contributed by atoms with Crippen molar-refractivity contribution in [2.45, 2.75) is 59.3 Å². The van der Waals surface area contributed by atoms with Gasteiger partial charge in [-0.2, -0.15) is 18.3 Å². The third-order valence-electron chi connectivity index (χ3n) is 6.51. The summed E-state index contributed by atoms with van der Waals surface area (Å²) in [6.45, 7) is 1.57. The highest BCUT2D eigenvalue weighted by Crippen LogP contribution is 2.52. The Morgan fingerprint density at radius 2 is 1.81 bits per heavy atom. The van der Waals surface area contributed by atoms with Gasteiger partial charge in [0.2, 0.25) is 0 Å². The number of hydrogen-bond donors (Lipinski definition) is 1. The molecular formula is C20H23F3N2O5S2. The van der Waals surface area contributed by atoms with E-state index in [2.05, 4.69) is 10.2 Å². The lowest BCUT2D eigenvalue weighted by molar-refractivity contribution is -0.137. The van der Waals surface area contributed by atoms with Gasteiger partial charge in [-0.3, -0.25) is 5.10 Å². The van der Waals surface area contributed by atoms with Crippen molar-refractivity contribution in [3.05, 3.63) is 47.3 Å². The number of halogens is 3. The molecule has 1 saturated heterocycles. The van der Waals surface area contributed by atoms with E-state index in [4.69, 9.17) is 4.74 Å². The zero-order chi connectivity index (χ0) is 23.6. The van der Waals surface area contributed by atoms with Gasteiger partial charge in [0.05, 0.1) is 26.6 Å². The molecule has 7 nitrogen and oxygen atoms in total. The molecular weight excluding hydrogens is 469 g/mol. The first-order chi connectivity index (χ1) is 14.7. The number of alkyl halides is 3. The summed E-state index contributed by atoms with van der Waals surface area (Å²) in [5.41, 5.74) is -0.216. The Balaban J connectivity index is 1.63. The summed E-state index contributed by atoms with van der Waals surface area (Å²) in [7, 11) is -7.50. The molecule has 2 fully saturated rings. The second-order valence-corrected chi connectivity index (χ2v) is 13.6. The SMILES string of the molecule is CC1(S(=O)(=O)c2cccc(C(F)(F)F)c2)CCOC(c2cc(C3(S(C)(=O)=O)CC3)n[nH]2)C1. The zero-order valence-corrected chi connectivity index (χ0v) is 19.1. The molecule has 2 atom stereocenters. The van der Waals surface area contributed by atoms with E-state index in [1.54, 1.807) is 6.07 Å². The molecule has 1 aliphatic carbocycles. The van der Waals surface area contributed by atoms with Crippen LogP contribution in [-0.4, -0.2) is 44.6 Å². The lowest BCUT2D eigenvalue weighted by Gasteiger charge is -2.37. The Kier molecular flexibility index (Phi) is 5.30. The van der Waals surface area contributed by atoms with Gasteiger partial charge in [-0.1, -0.05) is 6.07 Å². The quantitative estimate of drug-likeness (QED) is 0.684. The normalized spacial score (nSPS) is 26.1. The smallest absolute Gasteiger partial charge is 0.372 e. The van der Waals surface area contributed by atoms with Crippen molar-refractivity contribution in [2.75, 3.05) is 12.9 Å². The number of ether oxygens (including phenoxy) is 1. The second-order valence-electron chi connectivity index (χ2n) is 8.77. The first-order valence-corrected chi connectivity index (χ1v) is 13.4. The molecule has 32 heavy (non-hydrogen) atoms. The summed E-state index contributed by atoms with van der Waals surface area (Å²) in [4.78, 5) is -0.394. The molecule has 1 N–H and O–H groups in total. The molecule has 12 heteroatoms. The van der Waals surface area contributed by atoms with Gasteiger partial charge < -0.3 is 4.74 Å². The maximum absolute atomic E-state index is 13.3. The predicted octanol–water partition coefficient (Wildman–Crippen LogP) is 3.55. The average Bonchev–Trinajstić information content (AvgIpc) is 3.38. The Hall–Kier alpha value is -1.92. The molecule has 2 aromatic rings. The number of aromatic amines is 1. The Bertz CT molecular complexity index is 1250. The van der Waals surface area contributed by atoms with Crippen LogP contribution >= 0.6 is 0 Å². The summed E-state index contributed by atoms with van der Waals surface area (Å²) >= 11 is 0. The van der Waals surface area contributed by atoms with Gasteiger partial charge in [-0.25, -0.2) is 16.8 Å². The highest BCUT2D eigenvalue weighted by molar-refractivity contribution is 7.93. The van der Waals surface area contributed by atoms with E-state index < -0.39 is 51.9 Å². The fourth-order valence-electron chi connectivity index (χ4n) is 4.20. The van der Waals surface area contributed by atoms with Crippen LogP contribution < -0.4 is 0 Å². The van der Waals surface area contributed by atoms with Gasteiger partial charge in [0.1, 0.15) is 10.9 Å². The third-order valence-corrected chi connectivity index (χ3v) is 11.1. The molecule has 2 heterocycles. The minimum atomic E-state index is -4.66. The molecule has 1 aromatic heterocycles. The summed E-state index contributed by atoms with van der Waals surface area (Å²) in [6.07, 6.45) is -3.20. The number of nitrogens with zero attached hydrogens (tertiary/aromatic N) is 1. The molecule has 0 radical (unpaired) electrons. The first kappa shape index (κ1) is 23.2. The van der Waals surface area contributed by atoms with Crippen molar-refractivity contribution in [1.29, 1.82) is 0 Å². The monoisotopic (exact) mass is 492 g/mol. The Morgan fingerprint density at radius 3 is 2.41 bits per heavy atom. The van der Waals surface area contributed by atoms with Crippen LogP contribution in [-0.2, 0) is 35.3 Å². The van der Waals surface area contributed by atoms with Crippen LogP contribution in [0.15, 0.2) is 35.2 Å². The van der Waals surface area contributed by atoms with E-state index in [0.717, 1.165) is 24.5 Å². The Labute approximate surface area is 184 Å². The molecule has 4 rings (SSSR count). The minimum Gasteiger partial charge on any atom is -0.372 e. The molecule has 2 aliphatic rings. The van der Waals surface area contributed by atoms with Crippen molar-refractivity contribution < 1.29 is 34.7 Å². The summed E-state index contributed by atoms with van der Waals surface area (Å²) < 4.78 is 93.6. The molecule has 1 aliphatic heterocycles. The van der Waals surface area contributed by atoms with Gasteiger partial charge in [0.25, 0.3) is 0 Å². The first-order valence-electron chi connectivity index (χ1n) is 9.99. The number of hydrogen-bond acceptors (Lipinski definition) is 6. The lowest BCUT2D eigenvalue weighted by atomic mass is 9.94. The number of aromatic nitrogens is 2. The van der Waals surface area contributed by atoms with Gasteiger partial charge >= 0.3 is 6.18 Å². The van der Waals surface area contributed by atoms with Crippen LogP contribution in [0.1, 0.15) is 55.7 Å². The van der Waals surface area contributed by atoms with Crippen LogP contribution in [0.25, 0.3) is 0 Å². The van der Waals surface area contributed by atoms with Crippen molar-refractivity contribution in [2.24, 2.45) is 0 Å². The van der Waals surface area contributed by atoms with E-state index in [0.29, 0.717) is 30.3 Å². The van der Waals surface area contributed by atoms with Crippen molar-refractivity contribution >= 4 is 19.7 Å². The summed E-state index contributed by atoms with van der Waals surface area (Å²) in [5, 5.41) is 6.91. The lowest BCUT2D eigenvalue weighted by Crippen LogP contribution is -2.42. The van der Waals surface area contributed by atoms with Gasteiger partial charge in [0.15, 0.2) is 19.7 Å². The van der Waals surface area contributed by atoms with Crippen LogP contribution in [0.5, 0.6) is 0 Å². The van der Waals surface area contributed by atoms with Gasteiger partial charge in [-0.15, -0.1) is 0 Å². The standard InChI is InChI=1S/C20H23F3N2O5S2/c1-18(32(28,29)14-5-3-4-13(10-14)20(21,22)23)8-9-30-16(12-18)15-11-17(25-24-15)19(6-7-19)31(2,26)27/h3-5,10-11,16H,6-9,12H2,1-2H3,(H,24,25). The number of rotatable bonds is 5. The van der Waals surface area contributed by atoms with E-state index in [1.807, 2.05) is 0 Å². The Morgan fingerprint density at radius 1 is 1.12 bits per heavy atom. The zero-order valence-electron chi connectivity index (χ0n) is 17.4.